The molecule has 0 unspecified atom stereocenters. The van der Waals surface area contributed by atoms with Crippen molar-refractivity contribution in [2.45, 2.75) is 51.6 Å². The molecule has 1 aromatic heterocycles. The summed E-state index contributed by atoms with van der Waals surface area (Å²) in [5, 5.41) is 24.3. The lowest BCUT2D eigenvalue weighted by molar-refractivity contribution is -0.123. The predicted molar refractivity (Wildman–Crippen MR) is 92.2 cm³/mol. The van der Waals surface area contributed by atoms with Crippen LogP contribution in [-0.2, 0) is 11.3 Å². The van der Waals surface area contributed by atoms with Gasteiger partial charge in [-0.15, -0.1) is 10.2 Å². The molecular weight excluding hydrogens is 316 g/mol. The highest BCUT2D eigenvalue weighted by Gasteiger charge is 2.43. The van der Waals surface area contributed by atoms with Crippen LogP contribution in [0.25, 0.3) is 11.4 Å². The summed E-state index contributed by atoms with van der Waals surface area (Å²) in [5.74, 6) is 0.894. The van der Waals surface area contributed by atoms with Crippen LogP contribution in [0.5, 0.6) is 0 Å². The van der Waals surface area contributed by atoms with Crippen LogP contribution >= 0.6 is 0 Å². The van der Waals surface area contributed by atoms with Crippen LogP contribution in [-0.4, -0.2) is 31.7 Å². The van der Waals surface area contributed by atoms with Gasteiger partial charge in [0.05, 0.1) is 6.07 Å². The van der Waals surface area contributed by atoms with Gasteiger partial charge in [-0.25, -0.2) is 0 Å². The average molecular weight is 338 g/mol. The fourth-order valence-electron chi connectivity index (χ4n) is 2.78. The van der Waals surface area contributed by atoms with Gasteiger partial charge in [0.1, 0.15) is 12.1 Å². The summed E-state index contributed by atoms with van der Waals surface area (Å²) in [6.45, 7) is 5.98. The lowest BCUT2D eigenvalue weighted by atomic mass is 9.98. The fourth-order valence-corrected chi connectivity index (χ4v) is 2.78. The van der Waals surface area contributed by atoms with Crippen LogP contribution in [0.2, 0.25) is 0 Å². The third-order valence-electron chi connectivity index (χ3n) is 4.60. The highest BCUT2D eigenvalue weighted by atomic mass is 16.2. The summed E-state index contributed by atoms with van der Waals surface area (Å²) in [4.78, 5) is 13.4. The predicted octanol–water partition coefficient (Wildman–Crippen LogP) is 2.27. The Morgan fingerprint density at radius 2 is 2.08 bits per heavy atom. The summed E-state index contributed by atoms with van der Waals surface area (Å²) in [6, 6.07) is 10.2. The number of nitriles is 1. The van der Waals surface area contributed by atoms with Crippen molar-refractivity contribution in [1.29, 1.82) is 5.26 Å². The molecule has 0 aliphatic heterocycles. The van der Waals surface area contributed by atoms with E-state index in [4.69, 9.17) is 0 Å². The molecule has 1 atom stereocenters. The van der Waals surface area contributed by atoms with Crippen LogP contribution in [0.4, 0.5) is 0 Å². The monoisotopic (exact) mass is 338 g/mol. The second-order valence-corrected chi connectivity index (χ2v) is 7.06. The maximum absolute atomic E-state index is 12.2. The molecule has 7 nitrogen and oxygen atoms in total. The maximum Gasteiger partial charge on any atom is 0.244 e. The third kappa shape index (κ3) is 3.85. The van der Waals surface area contributed by atoms with E-state index in [0.717, 1.165) is 18.4 Å². The minimum Gasteiger partial charge on any atom is -0.336 e. The van der Waals surface area contributed by atoms with Gasteiger partial charge >= 0.3 is 0 Å². The zero-order valence-electron chi connectivity index (χ0n) is 14.7. The van der Waals surface area contributed by atoms with Gasteiger partial charge in [0.25, 0.3) is 0 Å². The number of carbonyl (C=O) groups is 1. The molecule has 0 spiro atoms. The molecule has 1 amide bonds. The lowest BCUT2D eigenvalue weighted by Gasteiger charge is -2.22. The van der Waals surface area contributed by atoms with E-state index in [1.807, 2.05) is 24.3 Å². The molecule has 130 valence electrons. The van der Waals surface area contributed by atoms with Crippen LogP contribution in [0.15, 0.2) is 24.3 Å². The van der Waals surface area contributed by atoms with Crippen molar-refractivity contribution >= 4 is 5.91 Å². The van der Waals surface area contributed by atoms with Crippen molar-refractivity contribution in [1.82, 2.24) is 25.5 Å². The van der Waals surface area contributed by atoms with Crippen LogP contribution < -0.4 is 5.32 Å². The number of hydrogen-bond donors (Lipinski definition) is 1. The molecular formula is C18H22N6O. The SMILES string of the molecule is CC(C)c1ccc(-c2nnn(CC(=O)N[C@@](C)(C#N)C3CC3)n2)cc1. The van der Waals surface area contributed by atoms with Gasteiger partial charge < -0.3 is 5.32 Å². The van der Waals surface area contributed by atoms with Gasteiger partial charge in [0.2, 0.25) is 11.7 Å². The zero-order chi connectivity index (χ0) is 18.0. The molecule has 7 heteroatoms. The highest BCUT2D eigenvalue weighted by molar-refractivity contribution is 5.77. The standard InChI is InChI=1S/C18H22N6O/c1-12(2)13-4-6-14(7-5-13)17-21-23-24(22-17)10-16(25)20-18(3,11-19)15-8-9-15/h4-7,12,15H,8-10H2,1-3H3,(H,20,25)/t18-/m0/s1. The second-order valence-electron chi connectivity index (χ2n) is 7.06. The molecule has 0 radical (unpaired) electrons. The number of nitrogens with one attached hydrogen (secondary N) is 1. The van der Waals surface area contributed by atoms with Crippen molar-refractivity contribution in [3.8, 4) is 17.5 Å². The molecule has 2 aromatic rings. The number of hydrogen-bond acceptors (Lipinski definition) is 5. The molecule has 0 bridgehead atoms. The number of nitrogens with zero attached hydrogens (tertiary/aromatic N) is 5. The van der Waals surface area contributed by atoms with Gasteiger partial charge in [0.15, 0.2) is 0 Å². The van der Waals surface area contributed by atoms with Crippen molar-refractivity contribution in [2.75, 3.05) is 0 Å². The molecule has 1 aliphatic rings. The first-order chi connectivity index (χ1) is 11.9. The Morgan fingerprint density at radius 3 is 2.64 bits per heavy atom. The number of carbonyl (C=O) groups excluding carboxylic acids is 1. The van der Waals surface area contributed by atoms with Crippen molar-refractivity contribution in [3.63, 3.8) is 0 Å². The van der Waals surface area contributed by atoms with Crippen molar-refractivity contribution in [2.24, 2.45) is 5.92 Å². The topological polar surface area (TPSA) is 96.5 Å². The van der Waals surface area contributed by atoms with Gasteiger partial charge in [-0.05, 0) is 42.4 Å². The van der Waals surface area contributed by atoms with Gasteiger partial charge in [-0.1, -0.05) is 38.1 Å². The molecule has 25 heavy (non-hydrogen) atoms. The summed E-state index contributed by atoms with van der Waals surface area (Å²) < 4.78 is 0. The molecule has 1 aliphatic carbocycles. The van der Waals surface area contributed by atoms with E-state index in [1.165, 1.54) is 10.4 Å². The first kappa shape index (κ1) is 17.1. The van der Waals surface area contributed by atoms with Crippen LogP contribution in [0, 0.1) is 17.2 Å². The maximum atomic E-state index is 12.2. The summed E-state index contributed by atoms with van der Waals surface area (Å²) in [7, 11) is 0. The molecule has 1 N–H and O–H groups in total. The number of tetrazole rings is 1. The van der Waals surface area contributed by atoms with E-state index in [1.54, 1.807) is 6.92 Å². The molecule has 3 rings (SSSR count). The summed E-state index contributed by atoms with van der Waals surface area (Å²) in [6.07, 6.45) is 1.95. The minimum absolute atomic E-state index is 0.0545. The molecule has 1 fully saturated rings. The first-order valence-corrected chi connectivity index (χ1v) is 8.51. The molecule has 1 heterocycles. The Bertz CT molecular complexity index is 800. The number of rotatable bonds is 6. The van der Waals surface area contributed by atoms with Crippen molar-refractivity contribution in [3.05, 3.63) is 29.8 Å². The second kappa shape index (κ2) is 6.63. The van der Waals surface area contributed by atoms with Crippen LogP contribution in [0.3, 0.4) is 0 Å². The minimum atomic E-state index is -0.812. The Labute approximate surface area is 147 Å². The van der Waals surface area contributed by atoms with E-state index in [-0.39, 0.29) is 18.4 Å². The van der Waals surface area contributed by atoms with E-state index in [2.05, 4.69) is 40.6 Å². The zero-order valence-corrected chi connectivity index (χ0v) is 14.7. The summed E-state index contributed by atoms with van der Waals surface area (Å²) >= 11 is 0. The Kier molecular flexibility index (Phi) is 4.53. The van der Waals surface area contributed by atoms with Crippen molar-refractivity contribution < 1.29 is 4.79 Å². The van der Waals surface area contributed by atoms with Gasteiger partial charge in [-0.2, -0.15) is 10.1 Å². The number of amides is 1. The molecule has 1 saturated carbocycles. The third-order valence-corrected chi connectivity index (χ3v) is 4.60. The largest absolute Gasteiger partial charge is 0.336 e. The summed E-state index contributed by atoms with van der Waals surface area (Å²) in [5.41, 5.74) is 1.29. The Hall–Kier alpha value is -2.75. The van der Waals surface area contributed by atoms with Gasteiger partial charge in [-0.3, -0.25) is 4.79 Å². The fraction of sp³-hybridized carbons (Fsp3) is 0.500. The van der Waals surface area contributed by atoms with Crippen LogP contribution in [0.1, 0.15) is 45.1 Å². The average Bonchev–Trinajstić information content (AvgIpc) is 3.36. The smallest absolute Gasteiger partial charge is 0.244 e. The molecule has 1 aromatic carbocycles. The van der Waals surface area contributed by atoms with E-state index < -0.39 is 5.54 Å². The van der Waals surface area contributed by atoms with E-state index in [0.29, 0.717) is 11.7 Å². The van der Waals surface area contributed by atoms with Gasteiger partial charge in [0, 0.05) is 5.56 Å². The molecule has 0 saturated heterocycles. The Morgan fingerprint density at radius 1 is 1.40 bits per heavy atom. The highest BCUT2D eigenvalue weighted by Crippen LogP contribution is 2.39. The lowest BCUT2D eigenvalue weighted by Crippen LogP contribution is -2.48. The van der Waals surface area contributed by atoms with E-state index >= 15 is 0 Å². The number of benzene rings is 1. The first-order valence-electron chi connectivity index (χ1n) is 8.51. The normalized spacial score (nSPS) is 16.3. The number of aromatic nitrogens is 4. The van der Waals surface area contributed by atoms with E-state index in [9.17, 15) is 10.1 Å². The quantitative estimate of drug-likeness (QED) is 0.871. The Balaban J connectivity index is 1.65.